The Bertz CT molecular complexity index is 322. The summed E-state index contributed by atoms with van der Waals surface area (Å²) < 4.78 is 0. The van der Waals surface area contributed by atoms with Crippen LogP contribution in [0.3, 0.4) is 0 Å². The lowest BCUT2D eigenvalue weighted by molar-refractivity contribution is 0.264. The van der Waals surface area contributed by atoms with Crippen molar-refractivity contribution in [3.05, 3.63) is 35.4 Å². The van der Waals surface area contributed by atoms with Crippen LogP contribution in [-0.4, -0.2) is 24.5 Å². The van der Waals surface area contributed by atoms with E-state index < -0.39 is 0 Å². The molecule has 1 atom stereocenters. The Morgan fingerprint density at radius 2 is 2.33 bits per heavy atom. The lowest BCUT2D eigenvalue weighted by Crippen LogP contribution is -2.29. The summed E-state index contributed by atoms with van der Waals surface area (Å²) in [6, 6.07) is 9.47. The van der Waals surface area contributed by atoms with E-state index in [0.29, 0.717) is 6.04 Å². The van der Waals surface area contributed by atoms with E-state index in [2.05, 4.69) is 36.1 Å². The molecule has 0 bridgehead atoms. The van der Waals surface area contributed by atoms with Gasteiger partial charge in [0.25, 0.3) is 0 Å². The summed E-state index contributed by atoms with van der Waals surface area (Å²) in [7, 11) is 0. The van der Waals surface area contributed by atoms with Gasteiger partial charge in [-0.15, -0.1) is 0 Å². The first-order chi connectivity index (χ1) is 7.31. The fourth-order valence-corrected chi connectivity index (χ4v) is 2.51. The highest BCUT2D eigenvalue weighted by Crippen LogP contribution is 2.31. The molecule has 0 saturated carbocycles. The number of benzene rings is 1. The van der Waals surface area contributed by atoms with E-state index in [0.717, 1.165) is 13.1 Å². The minimum Gasteiger partial charge on any atom is -0.329 e. The molecule has 0 unspecified atom stereocenters. The van der Waals surface area contributed by atoms with Crippen molar-refractivity contribution in [3.63, 3.8) is 0 Å². The highest BCUT2D eigenvalue weighted by Gasteiger charge is 2.24. The number of nitrogens with two attached hydrogens (primary N) is 1. The van der Waals surface area contributed by atoms with Crippen LogP contribution >= 0.6 is 0 Å². The van der Waals surface area contributed by atoms with Crippen molar-refractivity contribution in [1.82, 2.24) is 4.90 Å². The normalized spacial score (nSPS) is 22.1. The molecule has 2 N–H and O–H groups in total. The summed E-state index contributed by atoms with van der Waals surface area (Å²) in [6.45, 7) is 5.16. The highest BCUT2D eigenvalue weighted by atomic mass is 15.2. The fraction of sp³-hybridized carbons (Fsp3) is 0.538. The third-order valence-electron chi connectivity index (χ3n) is 3.21. The number of likely N-dealkylation sites (tertiary alicyclic amines) is 1. The monoisotopic (exact) mass is 204 g/mol. The maximum absolute atomic E-state index is 5.64. The number of aryl methyl sites for hydroxylation is 1. The van der Waals surface area contributed by atoms with E-state index in [1.807, 2.05) is 0 Å². The van der Waals surface area contributed by atoms with Crippen molar-refractivity contribution in [3.8, 4) is 0 Å². The van der Waals surface area contributed by atoms with E-state index in [1.165, 1.54) is 30.5 Å². The first-order valence-electron chi connectivity index (χ1n) is 5.82. The van der Waals surface area contributed by atoms with Gasteiger partial charge in [-0.05, 0) is 31.9 Å². The SMILES string of the molecule is Cc1cccc([C@H]2CCCN2CCN)c1. The minimum absolute atomic E-state index is 0.605. The smallest absolute Gasteiger partial charge is 0.0349 e. The number of rotatable bonds is 3. The third kappa shape index (κ3) is 2.39. The van der Waals surface area contributed by atoms with Gasteiger partial charge in [0.1, 0.15) is 0 Å². The highest BCUT2D eigenvalue weighted by molar-refractivity contribution is 5.25. The van der Waals surface area contributed by atoms with Crippen LogP contribution in [0, 0.1) is 6.92 Å². The second-order valence-electron chi connectivity index (χ2n) is 4.40. The molecule has 0 spiro atoms. The van der Waals surface area contributed by atoms with Gasteiger partial charge in [0.15, 0.2) is 0 Å². The van der Waals surface area contributed by atoms with Gasteiger partial charge >= 0.3 is 0 Å². The average Bonchev–Trinajstić information content (AvgIpc) is 2.66. The van der Waals surface area contributed by atoms with Crippen LogP contribution in [0.1, 0.15) is 30.0 Å². The molecule has 0 aliphatic carbocycles. The molecule has 1 aromatic rings. The predicted octanol–water partition coefficient (Wildman–Crippen LogP) is 2.09. The predicted molar refractivity (Wildman–Crippen MR) is 63.8 cm³/mol. The summed E-state index contributed by atoms with van der Waals surface area (Å²) in [6.07, 6.45) is 2.59. The second-order valence-corrected chi connectivity index (χ2v) is 4.40. The molecule has 1 heterocycles. The molecule has 1 saturated heterocycles. The van der Waals surface area contributed by atoms with Gasteiger partial charge in [0, 0.05) is 19.1 Å². The molecule has 2 heteroatoms. The summed E-state index contributed by atoms with van der Waals surface area (Å²) in [4.78, 5) is 2.51. The van der Waals surface area contributed by atoms with Crippen LogP contribution in [0.25, 0.3) is 0 Å². The van der Waals surface area contributed by atoms with Crippen molar-refractivity contribution < 1.29 is 0 Å². The molecule has 1 aliphatic rings. The summed E-state index contributed by atoms with van der Waals surface area (Å²) >= 11 is 0. The number of nitrogens with zero attached hydrogens (tertiary/aromatic N) is 1. The molecule has 1 aromatic carbocycles. The largest absolute Gasteiger partial charge is 0.329 e. The van der Waals surface area contributed by atoms with Crippen molar-refractivity contribution in [2.75, 3.05) is 19.6 Å². The average molecular weight is 204 g/mol. The van der Waals surface area contributed by atoms with Crippen molar-refractivity contribution >= 4 is 0 Å². The molecular weight excluding hydrogens is 184 g/mol. The Morgan fingerprint density at radius 3 is 3.07 bits per heavy atom. The Morgan fingerprint density at radius 1 is 1.47 bits per heavy atom. The fourth-order valence-electron chi connectivity index (χ4n) is 2.51. The van der Waals surface area contributed by atoms with Crippen LogP contribution in [0.15, 0.2) is 24.3 Å². The van der Waals surface area contributed by atoms with E-state index in [9.17, 15) is 0 Å². The van der Waals surface area contributed by atoms with E-state index in [1.54, 1.807) is 0 Å². The van der Waals surface area contributed by atoms with Gasteiger partial charge < -0.3 is 5.73 Å². The lowest BCUT2D eigenvalue weighted by atomic mass is 10.0. The van der Waals surface area contributed by atoms with Gasteiger partial charge in [-0.3, -0.25) is 4.90 Å². The van der Waals surface area contributed by atoms with E-state index >= 15 is 0 Å². The molecule has 2 nitrogen and oxygen atoms in total. The summed E-state index contributed by atoms with van der Waals surface area (Å²) in [5.41, 5.74) is 8.45. The molecule has 1 fully saturated rings. The van der Waals surface area contributed by atoms with Gasteiger partial charge in [-0.25, -0.2) is 0 Å². The minimum atomic E-state index is 0.605. The zero-order valence-corrected chi connectivity index (χ0v) is 9.45. The van der Waals surface area contributed by atoms with Crippen LogP contribution in [-0.2, 0) is 0 Å². The Hall–Kier alpha value is -0.860. The Labute approximate surface area is 92.1 Å². The Kier molecular flexibility index (Phi) is 3.39. The standard InChI is InChI=1S/C13H20N2/c1-11-4-2-5-12(10-11)13-6-3-8-15(13)9-7-14/h2,4-5,10,13H,3,6-9,14H2,1H3/t13-/m1/s1. The van der Waals surface area contributed by atoms with Crippen molar-refractivity contribution in [2.45, 2.75) is 25.8 Å². The Balaban J connectivity index is 2.15. The zero-order valence-electron chi connectivity index (χ0n) is 9.45. The topological polar surface area (TPSA) is 29.3 Å². The van der Waals surface area contributed by atoms with E-state index in [4.69, 9.17) is 5.73 Å². The van der Waals surface area contributed by atoms with Crippen molar-refractivity contribution in [1.29, 1.82) is 0 Å². The van der Waals surface area contributed by atoms with Crippen molar-refractivity contribution in [2.24, 2.45) is 5.73 Å². The molecule has 15 heavy (non-hydrogen) atoms. The second kappa shape index (κ2) is 4.77. The molecule has 0 amide bonds. The third-order valence-corrected chi connectivity index (χ3v) is 3.21. The van der Waals surface area contributed by atoms with Crippen LogP contribution in [0.4, 0.5) is 0 Å². The van der Waals surface area contributed by atoms with Gasteiger partial charge in [-0.2, -0.15) is 0 Å². The quantitative estimate of drug-likeness (QED) is 0.817. The van der Waals surface area contributed by atoms with Crippen LogP contribution in [0.2, 0.25) is 0 Å². The van der Waals surface area contributed by atoms with Crippen LogP contribution < -0.4 is 5.73 Å². The molecule has 0 radical (unpaired) electrons. The summed E-state index contributed by atoms with van der Waals surface area (Å²) in [5.74, 6) is 0. The zero-order chi connectivity index (χ0) is 10.7. The molecular formula is C13H20N2. The van der Waals surface area contributed by atoms with Gasteiger partial charge in [0.05, 0.1) is 0 Å². The number of hydrogen-bond donors (Lipinski definition) is 1. The molecule has 1 aliphatic heterocycles. The molecule has 82 valence electrons. The number of hydrogen-bond acceptors (Lipinski definition) is 2. The lowest BCUT2D eigenvalue weighted by Gasteiger charge is -2.24. The first kappa shape index (κ1) is 10.7. The first-order valence-corrected chi connectivity index (χ1v) is 5.82. The van der Waals surface area contributed by atoms with Gasteiger partial charge in [0.2, 0.25) is 0 Å². The van der Waals surface area contributed by atoms with Gasteiger partial charge in [-0.1, -0.05) is 29.8 Å². The maximum Gasteiger partial charge on any atom is 0.0349 e. The summed E-state index contributed by atoms with van der Waals surface area (Å²) in [5, 5.41) is 0. The maximum atomic E-state index is 5.64. The molecule has 2 rings (SSSR count). The van der Waals surface area contributed by atoms with E-state index in [-0.39, 0.29) is 0 Å². The van der Waals surface area contributed by atoms with Crippen LogP contribution in [0.5, 0.6) is 0 Å². The molecule has 0 aromatic heterocycles.